The zero-order valence-electron chi connectivity index (χ0n) is 13.6. The summed E-state index contributed by atoms with van der Waals surface area (Å²) in [4.78, 5) is 4.01. The van der Waals surface area contributed by atoms with Crippen LogP contribution in [0, 0.1) is 12.7 Å². The van der Waals surface area contributed by atoms with E-state index in [0.29, 0.717) is 15.9 Å². The number of nitrogens with zero attached hydrogens (tertiary/aromatic N) is 3. The van der Waals surface area contributed by atoms with Crippen molar-refractivity contribution in [1.82, 2.24) is 10.2 Å². The minimum Gasteiger partial charge on any atom is -0.402 e. The van der Waals surface area contributed by atoms with Gasteiger partial charge in [0.25, 0.3) is 0 Å². The van der Waals surface area contributed by atoms with Crippen molar-refractivity contribution in [3.63, 3.8) is 0 Å². The molecule has 1 aromatic heterocycles. The van der Waals surface area contributed by atoms with Crippen molar-refractivity contribution in [2.45, 2.75) is 20.8 Å². The number of hydrogen-bond acceptors (Lipinski definition) is 4. The minimum atomic E-state index is -0.378. The van der Waals surface area contributed by atoms with E-state index in [9.17, 15) is 4.39 Å². The summed E-state index contributed by atoms with van der Waals surface area (Å²) < 4.78 is 19.8. The number of hydrogen-bond donors (Lipinski definition) is 0. The summed E-state index contributed by atoms with van der Waals surface area (Å²) in [5.74, 6) is 0.00340. The molecule has 24 heavy (non-hydrogen) atoms. The molecule has 3 aromatic rings. The van der Waals surface area contributed by atoms with E-state index < -0.39 is 0 Å². The van der Waals surface area contributed by atoms with Gasteiger partial charge in [0, 0.05) is 21.8 Å². The van der Waals surface area contributed by atoms with Gasteiger partial charge in [0.15, 0.2) is 0 Å². The van der Waals surface area contributed by atoms with Gasteiger partial charge in [-0.1, -0.05) is 52.6 Å². The highest BCUT2D eigenvalue weighted by Gasteiger charge is 2.07. The fourth-order valence-corrected chi connectivity index (χ4v) is 2.23. The third-order valence-electron chi connectivity index (χ3n) is 2.96. The van der Waals surface area contributed by atoms with Crippen molar-refractivity contribution in [3.8, 4) is 11.5 Å². The van der Waals surface area contributed by atoms with Crippen molar-refractivity contribution >= 4 is 28.2 Å². The lowest BCUT2D eigenvalue weighted by molar-refractivity contribution is 0.580. The summed E-state index contributed by atoms with van der Waals surface area (Å²) in [6.45, 7) is 5.98. The maximum absolute atomic E-state index is 13.7. The maximum Gasteiger partial charge on any atom is 0.342 e. The van der Waals surface area contributed by atoms with Crippen LogP contribution in [0.25, 0.3) is 11.5 Å². The molecule has 0 aliphatic rings. The Balaban J connectivity index is 0.00000100. The summed E-state index contributed by atoms with van der Waals surface area (Å²) in [7, 11) is 0. The van der Waals surface area contributed by atoms with Gasteiger partial charge in [0.05, 0.1) is 0 Å². The SMILES string of the molecule is CC.Cc1cccc(-c2nnc(/N=C/c3ccc(Br)cc3F)o2)c1. The van der Waals surface area contributed by atoms with Crippen LogP contribution in [0.3, 0.4) is 0 Å². The zero-order valence-corrected chi connectivity index (χ0v) is 15.2. The standard InChI is InChI=1S/C16H11BrFN3O.C2H6/c1-10-3-2-4-11(7-10)15-20-21-16(22-15)19-9-12-5-6-13(17)8-14(12)18;1-2/h2-9H,1H3;1-2H3/b19-9+;. The van der Waals surface area contributed by atoms with Crippen molar-refractivity contribution < 1.29 is 8.81 Å². The Bertz CT molecular complexity index is 846. The lowest BCUT2D eigenvalue weighted by Gasteiger charge is -1.96. The van der Waals surface area contributed by atoms with Gasteiger partial charge in [-0.3, -0.25) is 0 Å². The number of aryl methyl sites for hydroxylation is 1. The molecule has 124 valence electrons. The second-order valence-electron chi connectivity index (χ2n) is 4.68. The lowest BCUT2D eigenvalue weighted by atomic mass is 10.1. The number of aliphatic imine (C=N–C) groups is 1. The molecule has 2 aromatic carbocycles. The molecule has 0 fully saturated rings. The first-order valence-electron chi connectivity index (χ1n) is 7.51. The van der Waals surface area contributed by atoms with Gasteiger partial charge in [-0.15, -0.1) is 5.10 Å². The Kier molecular flexibility index (Phi) is 6.37. The van der Waals surface area contributed by atoms with Crippen molar-refractivity contribution in [3.05, 3.63) is 63.9 Å². The molecule has 0 N–H and O–H groups in total. The van der Waals surface area contributed by atoms with Crippen LogP contribution in [-0.2, 0) is 0 Å². The number of halogens is 2. The molecule has 0 spiro atoms. The molecule has 0 unspecified atom stereocenters. The Labute approximate surface area is 148 Å². The van der Waals surface area contributed by atoms with E-state index in [-0.39, 0.29) is 11.8 Å². The number of benzene rings is 2. The molecule has 0 atom stereocenters. The third-order valence-corrected chi connectivity index (χ3v) is 3.45. The molecule has 0 radical (unpaired) electrons. The normalized spacial score (nSPS) is 10.5. The molecule has 3 rings (SSSR count). The number of rotatable bonds is 3. The molecule has 0 bridgehead atoms. The van der Waals surface area contributed by atoms with Crippen molar-refractivity contribution in [2.24, 2.45) is 4.99 Å². The predicted octanol–water partition coefficient (Wildman–Crippen LogP) is 5.72. The molecular formula is C18H17BrFN3O. The van der Waals surface area contributed by atoms with Crippen LogP contribution in [0.2, 0.25) is 0 Å². The summed E-state index contributed by atoms with van der Waals surface area (Å²) in [6, 6.07) is 12.5. The molecule has 0 saturated carbocycles. The van der Waals surface area contributed by atoms with Crippen molar-refractivity contribution in [1.29, 1.82) is 0 Å². The van der Waals surface area contributed by atoms with Crippen LogP contribution in [0.4, 0.5) is 10.4 Å². The van der Waals surface area contributed by atoms with E-state index in [2.05, 4.69) is 31.1 Å². The van der Waals surface area contributed by atoms with E-state index in [1.807, 2.05) is 45.0 Å². The molecule has 0 aliphatic carbocycles. The molecule has 0 saturated heterocycles. The first-order valence-corrected chi connectivity index (χ1v) is 8.31. The van der Waals surface area contributed by atoms with Gasteiger partial charge >= 0.3 is 6.01 Å². The average molecular weight is 390 g/mol. The zero-order chi connectivity index (χ0) is 17.5. The maximum atomic E-state index is 13.7. The molecule has 0 amide bonds. The third kappa shape index (κ3) is 4.58. The van der Waals surface area contributed by atoms with E-state index in [1.165, 1.54) is 12.3 Å². The van der Waals surface area contributed by atoms with Gasteiger partial charge in [-0.2, -0.15) is 0 Å². The summed E-state index contributed by atoms with van der Waals surface area (Å²) in [5, 5.41) is 7.78. The van der Waals surface area contributed by atoms with Gasteiger partial charge in [-0.25, -0.2) is 9.38 Å². The van der Waals surface area contributed by atoms with E-state index in [0.717, 1.165) is 11.1 Å². The highest BCUT2D eigenvalue weighted by atomic mass is 79.9. The predicted molar refractivity (Wildman–Crippen MR) is 97.2 cm³/mol. The summed E-state index contributed by atoms with van der Waals surface area (Å²) in [6.07, 6.45) is 1.36. The van der Waals surface area contributed by atoms with Gasteiger partial charge in [-0.05, 0) is 37.3 Å². The molecule has 1 heterocycles. The van der Waals surface area contributed by atoms with Crippen LogP contribution in [0.15, 0.2) is 56.3 Å². The van der Waals surface area contributed by atoms with Gasteiger partial charge in [0.2, 0.25) is 5.89 Å². The minimum absolute atomic E-state index is 0.0822. The second-order valence-corrected chi connectivity index (χ2v) is 5.60. The van der Waals surface area contributed by atoms with Crippen LogP contribution >= 0.6 is 15.9 Å². The Morgan fingerprint density at radius 2 is 1.92 bits per heavy atom. The fraction of sp³-hybridized carbons (Fsp3) is 0.167. The lowest BCUT2D eigenvalue weighted by Crippen LogP contribution is -1.87. The van der Waals surface area contributed by atoms with Crippen LogP contribution in [0.5, 0.6) is 0 Å². The first-order chi connectivity index (χ1) is 11.6. The molecular weight excluding hydrogens is 373 g/mol. The molecule has 4 nitrogen and oxygen atoms in total. The van der Waals surface area contributed by atoms with Gasteiger partial charge < -0.3 is 4.42 Å². The Hall–Kier alpha value is -2.34. The smallest absolute Gasteiger partial charge is 0.342 e. The van der Waals surface area contributed by atoms with Crippen molar-refractivity contribution in [2.75, 3.05) is 0 Å². The summed E-state index contributed by atoms with van der Waals surface area (Å²) in [5.41, 5.74) is 2.26. The number of aromatic nitrogens is 2. The Morgan fingerprint density at radius 1 is 1.12 bits per heavy atom. The molecule has 6 heteroatoms. The topological polar surface area (TPSA) is 51.3 Å². The monoisotopic (exact) mass is 389 g/mol. The fourth-order valence-electron chi connectivity index (χ4n) is 1.89. The van der Waals surface area contributed by atoms with Gasteiger partial charge in [0.1, 0.15) is 5.82 Å². The van der Waals surface area contributed by atoms with Crippen LogP contribution in [-0.4, -0.2) is 16.4 Å². The highest BCUT2D eigenvalue weighted by Crippen LogP contribution is 2.22. The Morgan fingerprint density at radius 3 is 2.62 bits per heavy atom. The second kappa shape index (κ2) is 8.49. The van der Waals surface area contributed by atoms with Crippen LogP contribution in [0.1, 0.15) is 25.0 Å². The van der Waals surface area contributed by atoms with E-state index in [4.69, 9.17) is 4.42 Å². The summed E-state index contributed by atoms with van der Waals surface area (Å²) >= 11 is 3.20. The first kappa shape index (κ1) is 18.0. The average Bonchev–Trinajstić information content (AvgIpc) is 3.05. The van der Waals surface area contributed by atoms with E-state index in [1.54, 1.807) is 12.1 Å². The quantitative estimate of drug-likeness (QED) is 0.537. The largest absolute Gasteiger partial charge is 0.402 e. The van der Waals surface area contributed by atoms with Crippen LogP contribution < -0.4 is 0 Å². The van der Waals surface area contributed by atoms with E-state index >= 15 is 0 Å². The highest BCUT2D eigenvalue weighted by molar-refractivity contribution is 9.10. The molecule has 0 aliphatic heterocycles.